The molecule has 4 aromatic rings. The number of benzene rings is 2. The molecule has 0 radical (unpaired) electrons. The summed E-state index contributed by atoms with van der Waals surface area (Å²) in [7, 11) is 3.33. The number of nitrogens with one attached hydrogen (secondary N) is 2. The van der Waals surface area contributed by atoms with Crippen molar-refractivity contribution in [3.8, 4) is 0 Å². The van der Waals surface area contributed by atoms with Crippen molar-refractivity contribution in [1.29, 1.82) is 0 Å². The summed E-state index contributed by atoms with van der Waals surface area (Å²) in [6, 6.07) is 15.1. The number of rotatable bonds is 8. The molecule has 2 heterocycles. The highest BCUT2D eigenvalue weighted by atomic mass is 32.1. The molecule has 0 aliphatic rings. The lowest BCUT2D eigenvalue weighted by atomic mass is 10.1. The third-order valence-corrected chi connectivity index (χ3v) is 6.53. The highest BCUT2D eigenvalue weighted by molar-refractivity contribution is 7.12. The molecule has 0 saturated carbocycles. The van der Waals surface area contributed by atoms with Crippen LogP contribution < -0.4 is 5.32 Å². The number of para-hydroxylation sites is 1. The van der Waals surface area contributed by atoms with Crippen LogP contribution in [0.25, 0.3) is 23.1 Å². The van der Waals surface area contributed by atoms with Crippen LogP contribution in [0, 0.1) is 6.92 Å². The molecule has 4 rings (SSSR count). The first kappa shape index (κ1) is 23.4. The fourth-order valence-corrected chi connectivity index (χ4v) is 4.38. The second-order valence-electron chi connectivity index (χ2n) is 7.90. The van der Waals surface area contributed by atoms with E-state index in [1.165, 1.54) is 11.3 Å². The Hall–Kier alpha value is -3.75. The number of thiophene rings is 1. The Morgan fingerprint density at radius 2 is 2.00 bits per heavy atom. The van der Waals surface area contributed by atoms with Crippen LogP contribution in [0.15, 0.2) is 53.9 Å². The molecule has 7 nitrogen and oxygen atoms in total. The molecule has 2 amide bonds. The van der Waals surface area contributed by atoms with Crippen LogP contribution in [-0.2, 0) is 4.74 Å². The van der Waals surface area contributed by atoms with E-state index < -0.39 is 0 Å². The van der Waals surface area contributed by atoms with Crippen LogP contribution in [-0.4, -0.2) is 54.2 Å². The van der Waals surface area contributed by atoms with E-state index >= 15 is 0 Å². The molecule has 0 fully saturated rings. The number of aromatic nitrogens is 2. The smallest absolute Gasteiger partial charge is 0.266 e. The van der Waals surface area contributed by atoms with Gasteiger partial charge in [-0.05, 0) is 53.8 Å². The number of methoxy groups -OCH3 is 1. The number of ether oxygens (including phenoxy) is 1. The third-order valence-electron chi connectivity index (χ3n) is 5.51. The molecular weight excluding hydrogens is 448 g/mol. The van der Waals surface area contributed by atoms with Crippen LogP contribution in [0.5, 0.6) is 0 Å². The molecule has 0 bridgehead atoms. The Bertz CT molecular complexity index is 1360. The summed E-state index contributed by atoms with van der Waals surface area (Å²) in [5, 5.41) is 13.3. The maximum atomic E-state index is 13.0. The predicted octanol–water partition coefficient (Wildman–Crippen LogP) is 5.07. The topological polar surface area (TPSA) is 87.3 Å². The van der Waals surface area contributed by atoms with Gasteiger partial charge < -0.3 is 15.0 Å². The summed E-state index contributed by atoms with van der Waals surface area (Å²) in [5.41, 5.74) is 4.46. The molecule has 0 saturated heterocycles. The lowest BCUT2D eigenvalue weighted by Gasteiger charge is -2.18. The third kappa shape index (κ3) is 5.08. The molecule has 34 heavy (non-hydrogen) atoms. The normalized spacial score (nSPS) is 11.3. The van der Waals surface area contributed by atoms with E-state index in [9.17, 15) is 9.59 Å². The molecule has 2 aromatic heterocycles. The number of aryl methyl sites for hydroxylation is 1. The fraction of sp³-hybridized carbons (Fsp3) is 0.192. The summed E-state index contributed by atoms with van der Waals surface area (Å²) in [5.74, 6) is -0.349. The minimum atomic E-state index is -0.204. The average Bonchev–Trinajstić information content (AvgIpc) is 3.47. The Labute approximate surface area is 202 Å². The summed E-state index contributed by atoms with van der Waals surface area (Å²) in [6.07, 6.45) is 3.79. The quantitative estimate of drug-likeness (QED) is 0.373. The maximum absolute atomic E-state index is 13.0. The first-order chi connectivity index (χ1) is 16.5. The van der Waals surface area contributed by atoms with Crippen molar-refractivity contribution < 1.29 is 14.3 Å². The van der Waals surface area contributed by atoms with Crippen molar-refractivity contribution in [2.45, 2.75) is 6.92 Å². The zero-order valence-corrected chi connectivity index (χ0v) is 20.1. The Morgan fingerprint density at radius 3 is 2.76 bits per heavy atom. The molecule has 0 spiro atoms. The Morgan fingerprint density at radius 1 is 1.18 bits per heavy atom. The number of amides is 2. The summed E-state index contributed by atoms with van der Waals surface area (Å²) < 4.78 is 5.08. The van der Waals surface area contributed by atoms with Gasteiger partial charge in [-0.1, -0.05) is 30.3 Å². The van der Waals surface area contributed by atoms with Crippen molar-refractivity contribution in [2.75, 3.05) is 32.6 Å². The number of likely N-dealkylation sites (N-methyl/N-ethyl adjacent to an activating group) is 1. The second kappa shape index (κ2) is 10.5. The van der Waals surface area contributed by atoms with Gasteiger partial charge in [-0.3, -0.25) is 14.7 Å². The van der Waals surface area contributed by atoms with E-state index in [0.29, 0.717) is 29.3 Å². The molecule has 2 N–H and O–H groups in total. The lowest BCUT2D eigenvalue weighted by molar-refractivity contribution is 0.0744. The zero-order valence-electron chi connectivity index (χ0n) is 19.3. The molecule has 0 aliphatic carbocycles. The highest BCUT2D eigenvalue weighted by Crippen LogP contribution is 2.25. The van der Waals surface area contributed by atoms with E-state index in [-0.39, 0.29) is 11.8 Å². The number of anilines is 1. The number of hydrogen-bond donors (Lipinski definition) is 2. The van der Waals surface area contributed by atoms with E-state index in [1.807, 2.05) is 60.9 Å². The Balaban J connectivity index is 1.67. The van der Waals surface area contributed by atoms with Gasteiger partial charge in [0, 0.05) is 37.3 Å². The zero-order chi connectivity index (χ0) is 24.1. The van der Waals surface area contributed by atoms with Gasteiger partial charge in [0.1, 0.15) is 0 Å². The molecule has 2 aromatic carbocycles. The largest absolute Gasteiger partial charge is 0.383 e. The van der Waals surface area contributed by atoms with Crippen molar-refractivity contribution in [1.82, 2.24) is 15.1 Å². The number of H-pyrrole nitrogens is 1. The maximum Gasteiger partial charge on any atom is 0.266 e. The standard InChI is InChI=1S/C26H26N4O3S/c1-17-12-15-34-24(17)25(31)27-23-16-19(26(32)30(2)13-14-33-3)9-8-18(23)10-11-22-20-6-4-5-7-21(20)28-29-22/h4-12,15-16H,13-14H2,1-3H3,(H,27,31)(H,28,29)/b11-10+. The number of nitrogens with zero attached hydrogens (tertiary/aromatic N) is 2. The second-order valence-corrected chi connectivity index (χ2v) is 8.81. The van der Waals surface area contributed by atoms with E-state index in [2.05, 4.69) is 15.5 Å². The van der Waals surface area contributed by atoms with Gasteiger partial charge in [0.25, 0.3) is 11.8 Å². The first-order valence-corrected chi connectivity index (χ1v) is 11.7. The lowest BCUT2D eigenvalue weighted by Crippen LogP contribution is -2.30. The minimum absolute atomic E-state index is 0.145. The molecule has 0 atom stereocenters. The molecule has 0 aliphatic heterocycles. The number of carbonyl (C=O) groups excluding carboxylic acids is 2. The number of fused-ring (bicyclic) bond motifs is 1. The van der Waals surface area contributed by atoms with Crippen LogP contribution in [0.1, 0.15) is 36.9 Å². The van der Waals surface area contributed by atoms with Gasteiger partial charge in [-0.25, -0.2) is 0 Å². The predicted molar refractivity (Wildman–Crippen MR) is 137 cm³/mol. The van der Waals surface area contributed by atoms with E-state index in [0.717, 1.165) is 27.7 Å². The average molecular weight is 475 g/mol. The number of aromatic amines is 1. The SMILES string of the molecule is COCCN(C)C(=O)c1ccc(/C=C/c2n[nH]c3ccccc23)c(NC(=O)c2sccc2C)c1. The summed E-state index contributed by atoms with van der Waals surface area (Å²) in [6.45, 7) is 2.82. The molecule has 8 heteroatoms. The van der Waals surface area contributed by atoms with Crippen LogP contribution in [0.4, 0.5) is 5.69 Å². The van der Waals surface area contributed by atoms with Crippen LogP contribution >= 0.6 is 11.3 Å². The summed E-state index contributed by atoms with van der Waals surface area (Å²) in [4.78, 5) is 28.1. The van der Waals surface area contributed by atoms with Crippen LogP contribution in [0.2, 0.25) is 0 Å². The van der Waals surface area contributed by atoms with Gasteiger partial charge in [-0.15, -0.1) is 11.3 Å². The minimum Gasteiger partial charge on any atom is -0.383 e. The summed E-state index contributed by atoms with van der Waals surface area (Å²) >= 11 is 1.39. The monoisotopic (exact) mass is 474 g/mol. The number of hydrogen-bond acceptors (Lipinski definition) is 5. The van der Waals surface area contributed by atoms with E-state index in [4.69, 9.17) is 4.74 Å². The van der Waals surface area contributed by atoms with Gasteiger partial charge >= 0.3 is 0 Å². The highest BCUT2D eigenvalue weighted by Gasteiger charge is 2.16. The van der Waals surface area contributed by atoms with Gasteiger partial charge in [0.05, 0.1) is 22.7 Å². The molecule has 174 valence electrons. The van der Waals surface area contributed by atoms with Gasteiger partial charge in [0.2, 0.25) is 0 Å². The van der Waals surface area contributed by atoms with E-state index in [1.54, 1.807) is 31.2 Å². The van der Waals surface area contributed by atoms with Gasteiger partial charge in [-0.2, -0.15) is 5.10 Å². The number of carbonyl (C=O) groups is 2. The van der Waals surface area contributed by atoms with Gasteiger partial charge in [0.15, 0.2) is 0 Å². The van der Waals surface area contributed by atoms with Crippen molar-refractivity contribution in [3.63, 3.8) is 0 Å². The first-order valence-electron chi connectivity index (χ1n) is 10.8. The molecule has 0 unspecified atom stereocenters. The van der Waals surface area contributed by atoms with Crippen molar-refractivity contribution in [2.24, 2.45) is 0 Å². The van der Waals surface area contributed by atoms with Crippen molar-refractivity contribution >= 4 is 51.9 Å². The fourth-order valence-electron chi connectivity index (χ4n) is 3.56. The molecular formula is C26H26N4O3S. The Kier molecular flexibility index (Phi) is 7.20. The van der Waals surface area contributed by atoms with Crippen molar-refractivity contribution in [3.05, 3.63) is 81.2 Å². The van der Waals surface area contributed by atoms with Crippen LogP contribution in [0.3, 0.4) is 0 Å².